The third-order valence-corrected chi connectivity index (χ3v) is 2.79. The molecule has 0 aromatic rings. The number of piperidine rings is 1. The SMILES string of the molecule is O=C1CCN2C[C@H](O)[C@@H](O)[C@H]2C1. The van der Waals surface area contributed by atoms with Gasteiger partial charge in [-0.2, -0.15) is 0 Å². The number of hydrogen-bond acceptors (Lipinski definition) is 4. The molecule has 0 aliphatic carbocycles. The molecule has 4 heteroatoms. The zero-order valence-electron chi connectivity index (χ0n) is 6.81. The first kappa shape index (κ1) is 8.16. The van der Waals surface area contributed by atoms with Crippen LogP contribution in [0.2, 0.25) is 0 Å². The lowest BCUT2D eigenvalue weighted by molar-refractivity contribution is -0.123. The zero-order chi connectivity index (χ0) is 8.72. The molecule has 2 aliphatic rings. The van der Waals surface area contributed by atoms with E-state index < -0.39 is 12.2 Å². The van der Waals surface area contributed by atoms with Crippen molar-refractivity contribution in [3.05, 3.63) is 0 Å². The third kappa shape index (κ3) is 1.16. The summed E-state index contributed by atoms with van der Waals surface area (Å²) in [6, 6.07) is -0.124. The molecule has 0 amide bonds. The van der Waals surface area contributed by atoms with E-state index in [0.717, 1.165) is 0 Å². The van der Waals surface area contributed by atoms with Gasteiger partial charge in [0.05, 0.1) is 12.2 Å². The quantitative estimate of drug-likeness (QED) is 0.478. The van der Waals surface area contributed by atoms with Crippen LogP contribution in [0.4, 0.5) is 0 Å². The molecule has 0 radical (unpaired) electrons. The summed E-state index contributed by atoms with van der Waals surface area (Å²) in [5.74, 6) is 0.199. The molecule has 0 aromatic heterocycles. The number of carbonyl (C=O) groups is 1. The summed E-state index contributed by atoms with van der Waals surface area (Å²) in [4.78, 5) is 13.0. The maximum absolute atomic E-state index is 11.0. The highest BCUT2D eigenvalue weighted by Crippen LogP contribution is 2.25. The van der Waals surface area contributed by atoms with Crippen molar-refractivity contribution in [1.29, 1.82) is 0 Å². The van der Waals surface area contributed by atoms with Crippen molar-refractivity contribution >= 4 is 5.78 Å². The second-order valence-electron chi connectivity index (χ2n) is 3.61. The number of carbonyl (C=O) groups excluding carboxylic acids is 1. The maximum atomic E-state index is 11.0. The van der Waals surface area contributed by atoms with Gasteiger partial charge in [0.15, 0.2) is 0 Å². The van der Waals surface area contributed by atoms with Crippen LogP contribution in [0, 0.1) is 0 Å². The summed E-state index contributed by atoms with van der Waals surface area (Å²) in [6.45, 7) is 1.21. The van der Waals surface area contributed by atoms with E-state index in [1.54, 1.807) is 0 Å². The van der Waals surface area contributed by atoms with Crippen LogP contribution < -0.4 is 0 Å². The van der Waals surface area contributed by atoms with Gasteiger partial charge in [0.2, 0.25) is 0 Å². The first-order chi connectivity index (χ1) is 5.68. The van der Waals surface area contributed by atoms with E-state index in [2.05, 4.69) is 0 Å². The molecule has 0 unspecified atom stereocenters. The summed E-state index contributed by atoms with van der Waals surface area (Å²) in [5.41, 5.74) is 0. The molecule has 2 rings (SSSR count). The predicted molar refractivity (Wildman–Crippen MR) is 41.6 cm³/mol. The minimum atomic E-state index is -0.728. The first-order valence-corrected chi connectivity index (χ1v) is 4.30. The van der Waals surface area contributed by atoms with Crippen molar-refractivity contribution in [2.24, 2.45) is 0 Å². The summed E-state index contributed by atoms with van der Waals surface area (Å²) < 4.78 is 0. The number of fused-ring (bicyclic) bond motifs is 1. The molecule has 0 bridgehead atoms. The average Bonchev–Trinajstić information content (AvgIpc) is 2.31. The Morgan fingerprint density at radius 1 is 1.42 bits per heavy atom. The Morgan fingerprint density at radius 3 is 2.92 bits per heavy atom. The van der Waals surface area contributed by atoms with Gasteiger partial charge >= 0.3 is 0 Å². The number of aliphatic hydroxyl groups is 2. The van der Waals surface area contributed by atoms with Crippen LogP contribution in [0.5, 0.6) is 0 Å². The third-order valence-electron chi connectivity index (χ3n) is 2.79. The van der Waals surface area contributed by atoms with Gasteiger partial charge < -0.3 is 10.2 Å². The fraction of sp³-hybridized carbons (Fsp3) is 0.875. The molecule has 2 aliphatic heterocycles. The van der Waals surface area contributed by atoms with Gasteiger partial charge in [-0.15, -0.1) is 0 Å². The minimum absolute atomic E-state index is 0.124. The number of hydrogen-bond donors (Lipinski definition) is 2. The Morgan fingerprint density at radius 2 is 2.17 bits per heavy atom. The molecule has 4 nitrogen and oxygen atoms in total. The molecule has 0 spiro atoms. The molecule has 2 N–H and O–H groups in total. The predicted octanol–water partition coefficient (Wildman–Crippen LogP) is -1.24. The van der Waals surface area contributed by atoms with Crippen LogP contribution in [-0.2, 0) is 4.79 Å². The number of aliphatic hydroxyl groups excluding tert-OH is 2. The van der Waals surface area contributed by atoms with Crippen LogP contribution in [0.1, 0.15) is 12.8 Å². The summed E-state index contributed by atoms with van der Waals surface area (Å²) in [6.07, 6.45) is -0.427. The van der Waals surface area contributed by atoms with Crippen LogP contribution in [0.25, 0.3) is 0 Å². The molecule has 3 atom stereocenters. The van der Waals surface area contributed by atoms with E-state index in [1.807, 2.05) is 4.90 Å². The number of ketones is 1. The monoisotopic (exact) mass is 171 g/mol. The molecule has 2 fully saturated rings. The van der Waals surface area contributed by atoms with Gasteiger partial charge in [-0.25, -0.2) is 0 Å². The van der Waals surface area contributed by atoms with E-state index in [9.17, 15) is 15.0 Å². The Balaban J connectivity index is 2.10. The van der Waals surface area contributed by atoms with E-state index in [4.69, 9.17) is 0 Å². The van der Waals surface area contributed by atoms with Crippen molar-refractivity contribution in [3.63, 3.8) is 0 Å². The van der Waals surface area contributed by atoms with Gasteiger partial charge in [-0.1, -0.05) is 0 Å². The van der Waals surface area contributed by atoms with Crippen LogP contribution in [0.3, 0.4) is 0 Å². The Labute approximate surface area is 70.8 Å². The fourth-order valence-electron chi connectivity index (χ4n) is 2.07. The summed E-state index contributed by atoms with van der Waals surface area (Å²) in [5, 5.41) is 18.8. The smallest absolute Gasteiger partial charge is 0.135 e. The van der Waals surface area contributed by atoms with Crippen molar-refractivity contribution < 1.29 is 15.0 Å². The molecule has 0 saturated carbocycles. The van der Waals surface area contributed by atoms with Crippen molar-refractivity contribution in [1.82, 2.24) is 4.90 Å². The van der Waals surface area contributed by atoms with Crippen molar-refractivity contribution in [2.75, 3.05) is 13.1 Å². The Bertz CT molecular complexity index is 206. The molecule has 2 heterocycles. The summed E-state index contributed by atoms with van der Waals surface area (Å²) >= 11 is 0. The lowest BCUT2D eigenvalue weighted by atomic mass is 9.99. The molecule has 2 saturated heterocycles. The number of nitrogens with zero attached hydrogens (tertiary/aromatic N) is 1. The van der Waals surface area contributed by atoms with Gasteiger partial charge in [0, 0.05) is 32.0 Å². The Kier molecular flexibility index (Phi) is 1.90. The van der Waals surface area contributed by atoms with Gasteiger partial charge in [0.25, 0.3) is 0 Å². The second kappa shape index (κ2) is 2.80. The summed E-state index contributed by atoms with van der Waals surface area (Å²) in [7, 11) is 0. The topological polar surface area (TPSA) is 60.8 Å². The first-order valence-electron chi connectivity index (χ1n) is 4.30. The lowest BCUT2D eigenvalue weighted by Gasteiger charge is -2.29. The molecular formula is C8H13NO3. The fourth-order valence-corrected chi connectivity index (χ4v) is 2.07. The normalized spacial score (nSPS) is 43.2. The van der Waals surface area contributed by atoms with Gasteiger partial charge in [-0.05, 0) is 0 Å². The van der Waals surface area contributed by atoms with E-state index in [0.29, 0.717) is 25.9 Å². The van der Waals surface area contributed by atoms with E-state index in [1.165, 1.54) is 0 Å². The maximum Gasteiger partial charge on any atom is 0.135 e. The molecule has 0 aromatic carbocycles. The highest BCUT2D eigenvalue weighted by Gasteiger charge is 2.42. The van der Waals surface area contributed by atoms with Gasteiger partial charge in [-0.3, -0.25) is 9.69 Å². The molecular weight excluding hydrogens is 158 g/mol. The van der Waals surface area contributed by atoms with Crippen molar-refractivity contribution in [3.8, 4) is 0 Å². The largest absolute Gasteiger partial charge is 0.389 e. The Hall–Kier alpha value is -0.450. The number of rotatable bonds is 0. The average molecular weight is 171 g/mol. The molecule has 68 valence electrons. The van der Waals surface area contributed by atoms with Crippen LogP contribution >= 0.6 is 0 Å². The van der Waals surface area contributed by atoms with E-state index in [-0.39, 0.29) is 11.8 Å². The van der Waals surface area contributed by atoms with Crippen LogP contribution in [-0.4, -0.2) is 52.2 Å². The standard InChI is InChI=1S/C8H13NO3/c10-5-1-2-9-4-7(11)8(12)6(9)3-5/h6-8,11-12H,1-4H2/t6-,7+,8+/m1/s1. The number of Topliss-reactive ketones (excluding diaryl/α,β-unsaturated/α-hetero) is 1. The minimum Gasteiger partial charge on any atom is -0.389 e. The van der Waals surface area contributed by atoms with Gasteiger partial charge in [0.1, 0.15) is 5.78 Å². The second-order valence-corrected chi connectivity index (χ2v) is 3.61. The van der Waals surface area contributed by atoms with Crippen molar-refractivity contribution in [2.45, 2.75) is 31.1 Å². The molecule has 12 heavy (non-hydrogen) atoms. The highest BCUT2D eigenvalue weighted by atomic mass is 16.3. The van der Waals surface area contributed by atoms with Crippen LogP contribution in [0.15, 0.2) is 0 Å². The zero-order valence-corrected chi connectivity index (χ0v) is 6.81. The highest BCUT2D eigenvalue weighted by molar-refractivity contribution is 5.80. The lowest BCUT2D eigenvalue weighted by Crippen LogP contribution is -2.42. The van der Waals surface area contributed by atoms with E-state index >= 15 is 0 Å².